The highest BCUT2D eigenvalue weighted by atomic mass is 32.1. The van der Waals surface area contributed by atoms with E-state index in [0.29, 0.717) is 53.2 Å². The van der Waals surface area contributed by atoms with Gasteiger partial charge in [0, 0.05) is 30.6 Å². The van der Waals surface area contributed by atoms with Crippen LogP contribution < -0.4 is 24.3 Å². The molecule has 2 aromatic heterocycles. The second-order valence-electron chi connectivity index (χ2n) is 8.03. The number of ether oxygens (including phenoxy) is 4. The van der Waals surface area contributed by atoms with Crippen molar-refractivity contribution in [1.29, 1.82) is 0 Å². The largest absolute Gasteiger partial charge is 0.493 e. The van der Waals surface area contributed by atoms with Gasteiger partial charge < -0.3 is 29.2 Å². The maximum Gasteiger partial charge on any atom is 0.275 e. The van der Waals surface area contributed by atoms with Crippen LogP contribution in [0.3, 0.4) is 0 Å². The number of rotatable bonds is 8. The first kappa shape index (κ1) is 25.2. The van der Waals surface area contributed by atoms with Crippen LogP contribution in [-0.2, 0) is 0 Å². The molecule has 1 saturated heterocycles. The van der Waals surface area contributed by atoms with E-state index < -0.39 is 0 Å². The number of hydrogen-bond acceptors (Lipinski definition) is 9. The molecule has 1 N–H and O–H groups in total. The van der Waals surface area contributed by atoms with E-state index in [2.05, 4.69) is 15.3 Å². The molecule has 0 unspecified atom stereocenters. The molecule has 0 spiro atoms. The van der Waals surface area contributed by atoms with Crippen LogP contribution in [0.5, 0.6) is 23.1 Å². The van der Waals surface area contributed by atoms with Crippen LogP contribution in [-0.4, -0.2) is 68.2 Å². The quantitative estimate of drug-likeness (QED) is 0.485. The molecule has 0 radical (unpaired) electrons. The summed E-state index contributed by atoms with van der Waals surface area (Å²) in [5.41, 5.74) is 1.25. The Labute approximate surface area is 213 Å². The number of amides is 2. The van der Waals surface area contributed by atoms with Crippen LogP contribution in [0.4, 0.5) is 5.69 Å². The monoisotopic (exact) mass is 512 g/mol. The number of nitrogens with zero attached hydrogens (tertiary/aromatic N) is 3. The molecule has 36 heavy (non-hydrogen) atoms. The summed E-state index contributed by atoms with van der Waals surface area (Å²) >= 11 is 1.45. The predicted octanol–water partition coefficient (Wildman–Crippen LogP) is 3.84. The molecule has 1 fully saturated rings. The maximum absolute atomic E-state index is 13.3. The zero-order chi connectivity index (χ0) is 25.7. The van der Waals surface area contributed by atoms with Crippen molar-refractivity contribution in [2.45, 2.75) is 18.8 Å². The van der Waals surface area contributed by atoms with Crippen LogP contribution in [0.25, 0.3) is 0 Å². The number of aromatic nitrogens is 2. The van der Waals surface area contributed by atoms with Gasteiger partial charge in [0.15, 0.2) is 11.5 Å². The van der Waals surface area contributed by atoms with Crippen molar-refractivity contribution >= 4 is 28.8 Å². The number of pyridine rings is 1. The van der Waals surface area contributed by atoms with Gasteiger partial charge in [0.25, 0.3) is 11.8 Å². The average Bonchev–Trinajstić information content (AvgIpc) is 3.42. The molecule has 1 aliphatic heterocycles. The lowest BCUT2D eigenvalue weighted by Gasteiger charge is -2.31. The van der Waals surface area contributed by atoms with E-state index in [0.717, 1.165) is 17.8 Å². The normalized spacial score (nSPS) is 13.7. The number of benzene rings is 1. The van der Waals surface area contributed by atoms with E-state index in [1.54, 1.807) is 40.7 Å². The first-order valence-electron chi connectivity index (χ1n) is 11.3. The minimum Gasteiger partial charge on any atom is -0.493 e. The number of carbonyl (C=O) groups is 2. The molecule has 0 saturated carbocycles. The van der Waals surface area contributed by atoms with Crippen molar-refractivity contribution in [3.8, 4) is 23.1 Å². The first-order chi connectivity index (χ1) is 17.5. The Hall–Kier alpha value is -3.86. The second-order valence-corrected chi connectivity index (χ2v) is 8.92. The lowest BCUT2D eigenvalue weighted by atomic mass is 9.97. The Bertz CT molecular complexity index is 1240. The molecule has 0 aliphatic carbocycles. The average molecular weight is 513 g/mol. The Kier molecular flexibility index (Phi) is 7.89. The summed E-state index contributed by atoms with van der Waals surface area (Å²) in [5, 5.41) is 5.43. The number of piperidine rings is 1. The third-order valence-corrected chi connectivity index (χ3v) is 7.04. The fourth-order valence-corrected chi connectivity index (χ4v) is 5.16. The summed E-state index contributed by atoms with van der Waals surface area (Å²) in [6, 6.07) is 6.83. The maximum atomic E-state index is 13.3. The summed E-state index contributed by atoms with van der Waals surface area (Å²) in [7, 11) is 6.04. The fraction of sp³-hybridized carbons (Fsp3) is 0.360. The fourth-order valence-electron chi connectivity index (χ4n) is 4.18. The number of likely N-dealkylation sites (tertiary alicyclic amines) is 1. The van der Waals surface area contributed by atoms with Crippen LogP contribution in [0, 0.1) is 0 Å². The summed E-state index contributed by atoms with van der Waals surface area (Å²) in [6.07, 6.45) is 3.08. The smallest absolute Gasteiger partial charge is 0.275 e. The van der Waals surface area contributed by atoms with Crippen molar-refractivity contribution in [1.82, 2.24) is 14.9 Å². The zero-order valence-electron chi connectivity index (χ0n) is 20.6. The summed E-state index contributed by atoms with van der Waals surface area (Å²) in [5.74, 6) is 1.29. The zero-order valence-corrected chi connectivity index (χ0v) is 21.4. The third-order valence-electron chi connectivity index (χ3n) is 6.03. The molecule has 1 aliphatic rings. The number of carbonyl (C=O) groups excluding carboxylic acids is 2. The molecular formula is C25H28N4O6S. The molecule has 190 valence electrons. The van der Waals surface area contributed by atoms with Gasteiger partial charge in [0.05, 0.1) is 39.0 Å². The van der Waals surface area contributed by atoms with Gasteiger partial charge in [-0.25, -0.2) is 9.97 Å². The van der Waals surface area contributed by atoms with Gasteiger partial charge >= 0.3 is 0 Å². The van der Waals surface area contributed by atoms with E-state index in [9.17, 15) is 9.59 Å². The van der Waals surface area contributed by atoms with Gasteiger partial charge in [-0.1, -0.05) is 0 Å². The summed E-state index contributed by atoms with van der Waals surface area (Å²) in [4.78, 5) is 36.4. The van der Waals surface area contributed by atoms with Crippen LogP contribution in [0.1, 0.15) is 44.6 Å². The molecule has 4 rings (SSSR count). The van der Waals surface area contributed by atoms with E-state index in [1.165, 1.54) is 39.8 Å². The molecule has 11 heteroatoms. The van der Waals surface area contributed by atoms with Gasteiger partial charge in [0.1, 0.15) is 11.4 Å². The summed E-state index contributed by atoms with van der Waals surface area (Å²) in [6.45, 7) is 1.13. The SMILES string of the molecule is COc1ccc(C(=O)N2CCC(c3nc(C(=O)Nc4cccnc4OC)cs3)CC2)c(OC)c1OC. The van der Waals surface area contributed by atoms with Crippen LogP contribution in [0.15, 0.2) is 35.8 Å². The first-order valence-corrected chi connectivity index (χ1v) is 12.2. The summed E-state index contributed by atoms with van der Waals surface area (Å²) < 4.78 is 21.4. The topological polar surface area (TPSA) is 112 Å². The Morgan fingerprint density at radius 1 is 1.00 bits per heavy atom. The minimum atomic E-state index is -0.322. The lowest BCUT2D eigenvalue weighted by molar-refractivity contribution is 0.0708. The van der Waals surface area contributed by atoms with E-state index in [-0.39, 0.29) is 17.7 Å². The van der Waals surface area contributed by atoms with Crippen LogP contribution in [0.2, 0.25) is 0 Å². The van der Waals surface area contributed by atoms with E-state index >= 15 is 0 Å². The van der Waals surface area contributed by atoms with Gasteiger partial charge in [-0.15, -0.1) is 11.3 Å². The molecule has 0 atom stereocenters. The standard InChI is InChI=1S/C25H28N4O6S/c1-32-19-8-7-16(20(33-2)21(19)34-3)25(31)29-12-9-15(10-13-29)24-28-18(14-36-24)22(30)27-17-6-5-11-26-23(17)35-4/h5-8,11,14-15H,9-10,12-13H2,1-4H3,(H,27,30). The van der Waals surface area contributed by atoms with Gasteiger partial charge in [-0.05, 0) is 37.1 Å². The van der Waals surface area contributed by atoms with E-state index in [4.69, 9.17) is 18.9 Å². The molecule has 1 aromatic carbocycles. The highest BCUT2D eigenvalue weighted by Gasteiger charge is 2.30. The van der Waals surface area contributed by atoms with Gasteiger partial charge in [0.2, 0.25) is 11.6 Å². The number of methoxy groups -OCH3 is 4. The predicted molar refractivity (Wildman–Crippen MR) is 135 cm³/mol. The van der Waals surface area contributed by atoms with Gasteiger partial charge in [-0.2, -0.15) is 0 Å². The Morgan fingerprint density at radius 3 is 2.42 bits per heavy atom. The molecule has 2 amide bonds. The molecule has 3 aromatic rings. The van der Waals surface area contributed by atoms with Crippen molar-refractivity contribution in [2.24, 2.45) is 0 Å². The van der Waals surface area contributed by atoms with Crippen molar-refractivity contribution < 1.29 is 28.5 Å². The lowest BCUT2D eigenvalue weighted by Crippen LogP contribution is -2.38. The minimum absolute atomic E-state index is 0.129. The molecule has 10 nitrogen and oxygen atoms in total. The molecule has 0 bridgehead atoms. The Morgan fingerprint density at radius 2 is 1.75 bits per heavy atom. The van der Waals surface area contributed by atoms with Crippen molar-refractivity contribution in [3.63, 3.8) is 0 Å². The van der Waals surface area contributed by atoms with Crippen molar-refractivity contribution in [3.05, 3.63) is 52.1 Å². The Balaban J connectivity index is 1.41. The third kappa shape index (κ3) is 5.06. The van der Waals surface area contributed by atoms with E-state index in [1.807, 2.05) is 0 Å². The van der Waals surface area contributed by atoms with Crippen LogP contribution >= 0.6 is 11.3 Å². The number of nitrogens with one attached hydrogen (secondary N) is 1. The van der Waals surface area contributed by atoms with Gasteiger partial charge in [-0.3, -0.25) is 9.59 Å². The van der Waals surface area contributed by atoms with Crippen molar-refractivity contribution in [2.75, 3.05) is 46.8 Å². The highest BCUT2D eigenvalue weighted by molar-refractivity contribution is 7.10. The highest BCUT2D eigenvalue weighted by Crippen LogP contribution is 2.41. The second kappa shape index (κ2) is 11.3. The molecular weight excluding hydrogens is 484 g/mol. The molecule has 3 heterocycles. The number of anilines is 1. The number of thiazole rings is 1. The number of hydrogen-bond donors (Lipinski definition) is 1.